The zero-order valence-corrected chi connectivity index (χ0v) is 19.7. The number of anilines is 1. The molecule has 0 spiro atoms. The maximum Gasteiger partial charge on any atom is 0.135 e. The second-order valence-electron chi connectivity index (χ2n) is 8.36. The summed E-state index contributed by atoms with van der Waals surface area (Å²) in [4.78, 5) is 15.0. The Morgan fingerprint density at radius 1 is 1.08 bits per heavy atom. The van der Waals surface area contributed by atoms with Gasteiger partial charge in [0, 0.05) is 54.6 Å². The van der Waals surface area contributed by atoms with E-state index in [4.69, 9.17) is 4.74 Å². The average molecular weight is 490 g/mol. The molecule has 0 radical (unpaired) electrons. The number of aliphatic hydroxyl groups excluding tert-OH is 1. The molecule has 1 fully saturated rings. The summed E-state index contributed by atoms with van der Waals surface area (Å²) in [5.74, 6) is -1.65. The van der Waals surface area contributed by atoms with Gasteiger partial charge in [0.25, 0.3) is 0 Å². The highest BCUT2D eigenvalue weighted by Crippen LogP contribution is 2.34. The van der Waals surface area contributed by atoms with Crippen molar-refractivity contribution in [1.82, 2.24) is 14.5 Å². The van der Waals surface area contributed by atoms with Crippen molar-refractivity contribution in [2.24, 2.45) is 4.99 Å². The number of nitrogens with zero attached hydrogens (tertiary/aromatic N) is 5. The van der Waals surface area contributed by atoms with Crippen LogP contribution in [0.15, 0.2) is 66.4 Å². The van der Waals surface area contributed by atoms with Crippen LogP contribution in [0.1, 0.15) is 17.4 Å². The number of morpholine rings is 1. The smallest absolute Gasteiger partial charge is 0.135 e. The summed E-state index contributed by atoms with van der Waals surface area (Å²) in [5, 5.41) is 11.8. The number of hydrogen-bond donors (Lipinski definition) is 1. The van der Waals surface area contributed by atoms with Gasteiger partial charge in [0.15, 0.2) is 0 Å². The molecule has 36 heavy (non-hydrogen) atoms. The van der Waals surface area contributed by atoms with Crippen molar-refractivity contribution in [3.63, 3.8) is 0 Å². The van der Waals surface area contributed by atoms with E-state index in [2.05, 4.69) is 26.4 Å². The predicted octanol–water partition coefficient (Wildman–Crippen LogP) is 3.93. The minimum atomic E-state index is -1.40. The minimum Gasteiger partial charge on any atom is -0.382 e. The SMILES string of the molecule is C=Cn1c(C(O)c2cc(-c3ncnc4cc(N5CCOCC5)ccc34)c(F)cc2F)cccc1=NC. The lowest BCUT2D eigenvalue weighted by Gasteiger charge is -2.29. The van der Waals surface area contributed by atoms with Crippen LogP contribution in [0.25, 0.3) is 28.4 Å². The predicted molar refractivity (Wildman–Crippen MR) is 134 cm³/mol. The highest BCUT2D eigenvalue weighted by molar-refractivity contribution is 5.94. The van der Waals surface area contributed by atoms with E-state index in [1.807, 2.05) is 18.2 Å². The van der Waals surface area contributed by atoms with Gasteiger partial charge in [0.1, 0.15) is 29.6 Å². The van der Waals surface area contributed by atoms with Crippen LogP contribution in [0.5, 0.6) is 0 Å². The van der Waals surface area contributed by atoms with Crippen molar-refractivity contribution in [2.45, 2.75) is 6.10 Å². The first kappa shape index (κ1) is 23.8. The number of rotatable bonds is 5. The van der Waals surface area contributed by atoms with E-state index in [9.17, 15) is 9.50 Å². The second-order valence-corrected chi connectivity index (χ2v) is 8.36. The normalized spacial score (nSPS) is 15.3. The highest BCUT2D eigenvalue weighted by Gasteiger charge is 2.23. The summed E-state index contributed by atoms with van der Waals surface area (Å²) in [6.45, 7) is 6.61. The monoisotopic (exact) mass is 489 g/mol. The summed E-state index contributed by atoms with van der Waals surface area (Å²) in [5.41, 5.74) is 2.78. The minimum absolute atomic E-state index is 0.0680. The molecule has 1 atom stereocenters. The van der Waals surface area contributed by atoms with Gasteiger partial charge in [-0.2, -0.15) is 0 Å². The Morgan fingerprint density at radius 3 is 2.64 bits per heavy atom. The molecule has 3 heterocycles. The Kier molecular flexibility index (Phi) is 6.58. The standard InChI is InChI=1S/C27H25F2N5O2/c1-3-34-24(5-4-6-25(34)30-2)27(35)20-14-19(21(28)15-22(20)29)26-18-8-7-17(13-23(18)31-16-32-26)33-9-11-36-12-10-33/h3-8,13-16,27,35H,1,9-12H2,2H3. The van der Waals surface area contributed by atoms with Crippen molar-refractivity contribution >= 4 is 22.8 Å². The van der Waals surface area contributed by atoms with Gasteiger partial charge in [-0.1, -0.05) is 12.6 Å². The van der Waals surface area contributed by atoms with Gasteiger partial charge in [-0.05, 0) is 36.4 Å². The van der Waals surface area contributed by atoms with E-state index in [0.717, 1.165) is 24.8 Å². The molecule has 4 aromatic rings. The molecule has 9 heteroatoms. The van der Waals surface area contributed by atoms with Gasteiger partial charge in [0.2, 0.25) is 0 Å². The number of benzene rings is 2. The van der Waals surface area contributed by atoms with Crippen LogP contribution in [0, 0.1) is 11.6 Å². The number of aromatic nitrogens is 3. The van der Waals surface area contributed by atoms with Crippen molar-refractivity contribution in [1.29, 1.82) is 0 Å². The number of hydrogen-bond acceptors (Lipinski definition) is 6. The van der Waals surface area contributed by atoms with Crippen molar-refractivity contribution in [3.05, 3.63) is 89.8 Å². The zero-order valence-electron chi connectivity index (χ0n) is 19.7. The Balaban J connectivity index is 1.61. The Morgan fingerprint density at radius 2 is 1.89 bits per heavy atom. The Labute approximate surface area is 206 Å². The molecule has 1 N–H and O–H groups in total. The molecule has 0 saturated carbocycles. The summed E-state index contributed by atoms with van der Waals surface area (Å²) >= 11 is 0. The van der Waals surface area contributed by atoms with Gasteiger partial charge in [-0.15, -0.1) is 0 Å². The van der Waals surface area contributed by atoms with Crippen LogP contribution < -0.4 is 10.4 Å². The Bertz CT molecular complexity index is 1510. The maximum atomic E-state index is 15.1. The molecule has 184 valence electrons. The van der Waals surface area contributed by atoms with Crippen LogP contribution in [0.3, 0.4) is 0 Å². The average Bonchev–Trinajstić information content (AvgIpc) is 2.92. The summed E-state index contributed by atoms with van der Waals surface area (Å²) in [6, 6.07) is 12.9. The number of fused-ring (bicyclic) bond motifs is 1. The van der Waals surface area contributed by atoms with E-state index < -0.39 is 17.7 Å². The van der Waals surface area contributed by atoms with Gasteiger partial charge < -0.3 is 19.3 Å². The molecule has 5 rings (SSSR count). The third-order valence-electron chi connectivity index (χ3n) is 6.36. The molecule has 0 aliphatic carbocycles. The number of ether oxygens (including phenoxy) is 1. The van der Waals surface area contributed by atoms with Gasteiger partial charge >= 0.3 is 0 Å². The highest BCUT2D eigenvalue weighted by atomic mass is 19.1. The lowest BCUT2D eigenvalue weighted by molar-refractivity contribution is 0.122. The van der Waals surface area contributed by atoms with E-state index in [1.54, 1.807) is 29.8 Å². The fourth-order valence-electron chi connectivity index (χ4n) is 4.52. The first-order valence-corrected chi connectivity index (χ1v) is 11.5. The third-order valence-corrected chi connectivity index (χ3v) is 6.36. The van der Waals surface area contributed by atoms with E-state index in [1.165, 1.54) is 18.6 Å². The molecule has 2 aromatic carbocycles. The van der Waals surface area contributed by atoms with E-state index in [-0.39, 0.29) is 11.1 Å². The lowest BCUT2D eigenvalue weighted by Crippen LogP contribution is -2.36. The fourth-order valence-corrected chi connectivity index (χ4v) is 4.52. The molecule has 0 bridgehead atoms. The van der Waals surface area contributed by atoms with Crippen LogP contribution in [-0.4, -0.2) is 53.0 Å². The molecular formula is C27H25F2N5O2. The molecule has 2 aromatic heterocycles. The molecule has 0 amide bonds. The number of pyridine rings is 1. The number of halogens is 2. The van der Waals surface area contributed by atoms with E-state index >= 15 is 4.39 Å². The zero-order chi connectivity index (χ0) is 25.2. The third kappa shape index (κ3) is 4.27. The van der Waals surface area contributed by atoms with Crippen molar-refractivity contribution < 1.29 is 18.6 Å². The summed E-state index contributed by atoms with van der Waals surface area (Å²) < 4.78 is 37.1. The Hall–Kier alpha value is -3.95. The molecule has 1 unspecified atom stereocenters. The first-order chi connectivity index (χ1) is 17.5. The van der Waals surface area contributed by atoms with Crippen LogP contribution in [-0.2, 0) is 4.74 Å². The van der Waals surface area contributed by atoms with Gasteiger partial charge in [0.05, 0.1) is 30.1 Å². The van der Waals surface area contributed by atoms with E-state index in [0.29, 0.717) is 41.0 Å². The summed E-state index contributed by atoms with van der Waals surface area (Å²) in [6.07, 6.45) is 1.44. The van der Waals surface area contributed by atoms with Crippen molar-refractivity contribution in [2.75, 3.05) is 38.3 Å². The fraction of sp³-hybridized carbons (Fsp3) is 0.222. The second kappa shape index (κ2) is 9.96. The van der Waals surface area contributed by atoms with Gasteiger partial charge in [-0.3, -0.25) is 4.99 Å². The molecule has 7 nitrogen and oxygen atoms in total. The summed E-state index contributed by atoms with van der Waals surface area (Å²) in [7, 11) is 1.60. The van der Waals surface area contributed by atoms with Crippen LogP contribution >= 0.6 is 0 Å². The van der Waals surface area contributed by atoms with Crippen molar-refractivity contribution in [3.8, 4) is 11.3 Å². The number of aliphatic hydroxyl groups is 1. The molecule has 1 aliphatic heterocycles. The maximum absolute atomic E-state index is 15.1. The van der Waals surface area contributed by atoms with Gasteiger partial charge in [-0.25, -0.2) is 18.7 Å². The molecule has 1 aliphatic rings. The molecule has 1 saturated heterocycles. The first-order valence-electron chi connectivity index (χ1n) is 11.5. The van der Waals surface area contributed by atoms with Crippen LogP contribution in [0.4, 0.5) is 14.5 Å². The van der Waals surface area contributed by atoms with Crippen LogP contribution in [0.2, 0.25) is 0 Å². The lowest BCUT2D eigenvalue weighted by atomic mass is 9.98. The quantitative estimate of drug-likeness (QED) is 0.460. The largest absolute Gasteiger partial charge is 0.382 e. The topological polar surface area (TPSA) is 75.8 Å². The molecular weight excluding hydrogens is 464 g/mol.